The second-order valence-corrected chi connectivity index (χ2v) is 7.91. The van der Waals surface area contributed by atoms with Crippen LogP contribution < -0.4 is 14.8 Å². The molecule has 2 aliphatic rings. The summed E-state index contributed by atoms with van der Waals surface area (Å²) >= 11 is 1.16. The number of hydrogen-bond donors (Lipinski definition) is 3. The molecule has 6 nitrogen and oxygen atoms in total. The number of aryl methyl sites for hydroxylation is 2. The number of aromatic nitrogens is 2. The molecular weight excluding hydrogens is 346 g/mol. The summed E-state index contributed by atoms with van der Waals surface area (Å²) in [6.45, 7) is 4.15. The standard InChI is InChI=1S/C19H25N5OS/c1-12(2)24-11-15(10-20-24)22-26-23-19(25)21-18-16-7-3-5-13(16)9-14-6-4-8-17(14)18/h9-12,22H,3-8H2,1-2H3,(H2,21,23,25). The third-order valence-corrected chi connectivity index (χ3v) is 5.78. The van der Waals surface area contributed by atoms with Crippen molar-refractivity contribution in [2.24, 2.45) is 0 Å². The molecule has 0 fully saturated rings. The van der Waals surface area contributed by atoms with Gasteiger partial charge in [0.15, 0.2) is 0 Å². The number of carbonyl (C=O) groups excluding carboxylic acids is 1. The molecule has 0 bridgehead atoms. The second kappa shape index (κ2) is 7.23. The normalized spacial score (nSPS) is 15.0. The molecule has 0 spiro atoms. The zero-order valence-electron chi connectivity index (χ0n) is 15.3. The summed E-state index contributed by atoms with van der Waals surface area (Å²) in [6.07, 6.45) is 10.5. The number of fused-ring (bicyclic) bond motifs is 2. The lowest BCUT2D eigenvalue weighted by atomic mass is 9.99. The predicted molar refractivity (Wildman–Crippen MR) is 106 cm³/mol. The van der Waals surface area contributed by atoms with Crippen molar-refractivity contribution < 1.29 is 4.79 Å². The number of benzene rings is 1. The Bertz CT molecular complexity index is 797. The predicted octanol–water partition coefficient (Wildman–Crippen LogP) is 4.24. The Morgan fingerprint density at radius 1 is 1.15 bits per heavy atom. The van der Waals surface area contributed by atoms with Crippen molar-refractivity contribution >= 4 is 29.5 Å². The van der Waals surface area contributed by atoms with Crippen LogP contribution in [0.2, 0.25) is 0 Å². The quantitative estimate of drug-likeness (QED) is 0.688. The van der Waals surface area contributed by atoms with Gasteiger partial charge in [0.2, 0.25) is 0 Å². The minimum Gasteiger partial charge on any atom is -0.309 e. The lowest BCUT2D eigenvalue weighted by Crippen LogP contribution is -2.25. The molecule has 2 amide bonds. The van der Waals surface area contributed by atoms with Gasteiger partial charge in [0.25, 0.3) is 0 Å². The van der Waals surface area contributed by atoms with Crippen molar-refractivity contribution in [2.75, 3.05) is 10.0 Å². The second-order valence-electron chi connectivity index (χ2n) is 7.30. The first-order valence-electron chi connectivity index (χ1n) is 9.31. The number of rotatable bonds is 5. The fourth-order valence-corrected chi connectivity index (χ4v) is 4.33. The van der Waals surface area contributed by atoms with Crippen LogP contribution in [0.3, 0.4) is 0 Å². The van der Waals surface area contributed by atoms with E-state index in [0.717, 1.165) is 49.2 Å². The Labute approximate surface area is 158 Å². The molecule has 1 heterocycles. The largest absolute Gasteiger partial charge is 0.330 e. The van der Waals surface area contributed by atoms with Crippen LogP contribution in [0.4, 0.5) is 16.2 Å². The van der Waals surface area contributed by atoms with Gasteiger partial charge < -0.3 is 10.0 Å². The van der Waals surface area contributed by atoms with E-state index in [2.05, 4.69) is 39.8 Å². The lowest BCUT2D eigenvalue weighted by molar-refractivity contribution is 0.257. The zero-order chi connectivity index (χ0) is 18.1. The van der Waals surface area contributed by atoms with Crippen LogP contribution in [-0.2, 0) is 25.7 Å². The SMILES string of the molecule is CC(C)n1cc(NSNC(=O)Nc2c3c(cc4c2CCC4)CCC3)cn1. The van der Waals surface area contributed by atoms with Crippen LogP contribution in [-0.4, -0.2) is 15.8 Å². The van der Waals surface area contributed by atoms with Crippen LogP contribution in [0.25, 0.3) is 0 Å². The summed E-state index contributed by atoms with van der Waals surface area (Å²) in [5, 5.41) is 7.39. The van der Waals surface area contributed by atoms with E-state index in [1.54, 1.807) is 6.20 Å². The first-order valence-corrected chi connectivity index (χ1v) is 10.1. The van der Waals surface area contributed by atoms with Gasteiger partial charge in [0, 0.05) is 17.9 Å². The molecule has 138 valence electrons. The summed E-state index contributed by atoms with van der Waals surface area (Å²) in [7, 11) is 0. The Hall–Kier alpha value is -2.15. The molecule has 26 heavy (non-hydrogen) atoms. The van der Waals surface area contributed by atoms with E-state index in [-0.39, 0.29) is 6.03 Å². The van der Waals surface area contributed by atoms with Crippen LogP contribution in [0.1, 0.15) is 55.0 Å². The summed E-state index contributed by atoms with van der Waals surface area (Å²) < 4.78 is 7.80. The third kappa shape index (κ3) is 3.40. The topological polar surface area (TPSA) is 71.0 Å². The van der Waals surface area contributed by atoms with Crippen molar-refractivity contribution in [3.63, 3.8) is 0 Å². The molecule has 0 unspecified atom stereocenters. The highest BCUT2D eigenvalue weighted by molar-refractivity contribution is 7.99. The van der Waals surface area contributed by atoms with Gasteiger partial charge in [-0.05, 0) is 74.6 Å². The number of carbonyl (C=O) groups is 1. The summed E-state index contributed by atoms with van der Waals surface area (Å²) in [6, 6.07) is 2.50. The van der Waals surface area contributed by atoms with Crippen molar-refractivity contribution in [3.8, 4) is 0 Å². The fourth-order valence-electron chi connectivity index (χ4n) is 3.91. The molecule has 1 aromatic heterocycles. The summed E-state index contributed by atoms with van der Waals surface area (Å²) in [5.41, 5.74) is 7.47. The average molecular weight is 372 g/mol. The highest BCUT2D eigenvalue weighted by Crippen LogP contribution is 2.38. The molecule has 0 saturated carbocycles. The molecule has 0 atom stereocenters. The third-order valence-electron chi connectivity index (χ3n) is 5.15. The maximum atomic E-state index is 12.4. The van der Waals surface area contributed by atoms with Crippen molar-refractivity contribution in [1.29, 1.82) is 0 Å². The summed E-state index contributed by atoms with van der Waals surface area (Å²) in [5.74, 6) is 0. The number of amides is 2. The van der Waals surface area contributed by atoms with E-state index in [1.807, 2.05) is 10.9 Å². The van der Waals surface area contributed by atoms with Gasteiger partial charge in [-0.25, -0.2) is 4.79 Å². The zero-order valence-corrected chi connectivity index (χ0v) is 16.1. The Kier molecular flexibility index (Phi) is 4.80. The molecule has 7 heteroatoms. The number of anilines is 2. The van der Waals surface area contributed by atoms with Crippen molar-refractivity contribution in [2.45, 2.75) is 58.4 Å². The van der Waals surface area contributed by atoms with E-state index in [0.29, 0.717) is 6.04 Å². The Balaban J connectivity index is 1.38. The van der Waals surface area contributed by atoms with Crippen LogP contribution in [0, 0.1) is 0 Å². The molecule has 0 saturated heterocycles. The maximum Gasteiger partial charge on any atom is 0.330 e. The minimum absolute atomic E-state index is 0.187. The molecule has 0 radical (unpaired) electrons. The highest BCUT2D eigenvalue weighted by Gasteiger charge is 2.24. The van der Waals surface area contributed by atoms with Gasteiger partial charge in [-0.15, -0.1) is 0 Å². The van der Waals surface area contributed by atoms with Gasteiger partial charge in [0.05, 0.1) is 24.0 Å². The minimum atomic E-state index is -0.187. The molecular formula is C19H25N5OS. The first kappa shape index (κ1) is 17.3. The molecule has 3 N–H and O–H groups in total. The van der Waals surface area contributed by atoms with Crippen molar-refractivity contribution in [3.05, 3.63) is 40.7 Å². The van der Waals surface area contributed by atoms with Crippen LogP contribution in [0.5, 0.6) is 0 Å². The van der Waals surface area contributed by atoms with Gasteiger partial charge in [-0.3, -0.25) is 9.40 Å². The maximum absolute atomic E-state index is 12.4. The van der Waals surface area contributed by atoms with Gasteiger partial charge in [-0.1, -0.05) is 6.07 Å². The molecule has 0 aliphatic heterocycles. The van der Waals surface area contributed by atoms with E-state index < -0.39 is 0 Å². The monoisotopic (exact) mass is 371 g/mol. The van der Waals surface area contributed by atoms with Crippen molar-refractivity contribution in [1.82, 2.24) is 14.5 Å². The van der Waals surface area contributed by atoms with E-state index in [4.69, 9.17) is 0 Å². The lowest BCUT2D eigenvalue weighted by Gasteiger charge is -2.16. The molecule has 4 rings (SSSR count). The van der Waals surface area contributed by atoms with Crippen LogP contribution >= 0.6 is 12.1 Å². The Morgan fingerprint density at radius 2 is 1.85 bits per heavy atom. The fraction of sp³-hybridized carbons (Fsp3) is 0.474. The number of nitrogens with zero attached hydrogens (tertiary/aromatic N) is 2. The first-order chi connectivity index (χ1) is 12.6. The van der Waals surface area contributed by atoms with Gasteiger partial charge in [-0.2, -0.15) is 5.10 Å². The van der Waals surface area contributed by atoms with E-state index >= 15 is 0 Å². The van der Waals surface area contributed by atoms with Gasteiger partial charge in [0.1, 0.15) is 0 Å². The number of hydrogen-bond acceptors (Lipinski definition) is 4. The average Bonchev–Trinajstić information content (AvgIpc) is 3.34. The molecule has 2 aromatic rings. The van der Waals surface area contributed by atoms with Crippen LogP contribution in [0.15, 0.2) is 18.5 Å². The van der Waals surface area contributed by atoms with E-state index in [1.165, 1.54) is 35.1 Å². The molecule has 1 aromatic carbocycles. The molecule has 2 aliphatic carbocycles. The number of urea groups is 1. The Morgan fingerprint density at radius 3 is 2.46 bits per heavy atom. The highest BCUT2D eigenvalue weighted by atomic mass is 32.2. The summed E-state index contributed by atoms with van der Waals surface area (Å²) in [4.78, 5) is 12.4. The van der Waals surface area contributed by atoms with E-state index in [9.17, 15) is 4.79 Å². The number of nitrogens with one attached hydrogen (secondary N) is 3. The van der Waals surface area contributed by atoms with Gasteiger partial charge >= 0.3 is 6.03 Å². The smallest absolute Gasteiger partial charge is 0.309 e.